The van der Waals surface area contributed by atoms with Crippen LogP contribution in [-0.2, 0) is 11.3 Å². The molecule has 24 heavy (non-hydrogen) atoms. The number of hydrogen-bond donors (Lipinski definition) is 1. The van der Waals surface area contributed by atoms with E-state index in [0.29, 0.717) is 24.1 Å². The monoisotopic (exact) mass is 347 g/mol. The Morgan fingerprint density at radius 1 is 1.50 bits per heavy atom. The van der Waals surface area contributed by atoms with E-state index in [-0.39, 0.29) is 12.0 Å². The minimum absolute atomic E-state index is 0.110. The SMILES string of the molecule is O=C(NC[C@@H]1OC[C@H]2CN(Cc3ccoc3)CC[C@H]21)c1cscn1. The summed E-state index contributed by atoms with van der Waals surface area (Å²) in [5.41, 5.74) is 3.39. The molecule has 2 aromatic rings. The normalized spacial score (nSPS) is 27.1. The lowest BCUT2D eigenvalue weighted by Crippen LogP contribution is -2.43. The number of carbonyl (C=O) groups is 1. The first-order valence-corrected chi connectivity index (χ1v) is 9.25. The molecule has 0 bridgehead atoms. The van der Waals surface area contributed by atoms with Gasteiger partial charge < -0.3 is 14.5 Å². The summed E-state index contributed by atoms with van der Waals surface area (Å²) in [6.45, 7) is 4.40. The van der Waals surface area contributed by atoms with Crippen LogP contribution in [0, 0.1) is 11.8 Å². The molecule has 6 nitrogen and oxygen atoms in total. The maximum Gasteiger partial charge on any atom is 0.270 e. The first kappa shape index (κ1) is 15.8. The quantitative estimate of drug-likeness (QED) is 0.896. The van der Waals surface area contributed by atoms with Crippen LogP contribution < -0.4 is 5.32 Å². The maximum absolute atomic E-state index is 12.0. The van der Waals surface area contributed by atoms with Crippen molar-refractivity contribution >= 4 is 17.2 Å². The van der Waals surface area contributed by atoms with E-state index in [9.17, 15) is 4.79 Å². The van der Waals surface area contributed by atoms with Crippen molar-refractivity contribution in [1.82, 2.24) is 15.2 Å². The Hall–Kier alpha value is -1.70. The Kier molecular flexibility index (Phi) is 4.64. The number of rotatable bonds is 5. The van der Waals surface area contributed by atoms with Gasteiger partial charge in [-0.05, 0) is 24.9 Å². The van der Waals surface area contributed by atoms with Crippen LogP contribution in [0.1, 0.15) is 22.5 Å². The van der Waals surface area contributed by atoms with Gasteiger partial charge in [0.05, 0.1) is 30.7 Å². The van der Waals surface area contributed by atoms with Crippen molar-refractivity contribution in [3.8, 4) is 0 Å². The molecule has 3 atom stereocenters. The van der Waals surface area contributed by atoms with Crippen molar-refractivity contribution in [2.24, 2.45) is 11.8 Å². The van der Waals surface area contributed by atoms with Gasteiger partial charge in [0.15, 0.2) is 0 Å². The number of nitrogens with zero attached hydrogens (tertiary/aromatic N) is 2. The van der Waals surface area contributed by atoms with Gasteiger partial charge in [0.1, 0.15) is 5.69 Å². The largest absolute Gasteiger partial charge is 0.472 e. The molecule has 2 aliphatic rings. The predicted octanol–water partition coefficient (Wildman–Crippen LogP) is 2.00. The van der Waals surface area contributed by atoms with Crippen LogP contribution >= 0.6 is 11.3 Å². The molecule has 4 rings (SSSR count). The zero-order valence-corrected chi connectivity index (χ0v) is 14.2. The van der Waals surface area contributed by atoms with Gasteiger partial charge in [-0.15, -0.1) is 11.3 Å². The molecule has 1 amide bonds. The standard InChI is InChI=1S/C17H21N3O3S/c21-17(15-10-24-11-19-15)18-5-16-14-1-3-20(7-13(14)9-23-16)6-12-2-4-22-8-12/h2,4,8,10-11,13-14,16H,1,3,5-7,9H2,(H,18,21)/t13-,14-,16+/m1/s1. The first-order chi connectivity index (χ1) is 11.8. The van der Waals surface area contributed by atoms with Crippen molar-refractivity contribution in [1.29, 1.82) is 0 Å². The number of likely N-dealkylation sites (tertiary alicyclic amines) is 1. The molecular formula is C17H21N3O3S. The lowest BCUT2D eigenvalue weighted by molar-refractivity contribution is 0.0741. The van der Waals surface area contributed by atoms with E-state index in [1.807, 2.05) is 12.3 Å². The van der Waals surface area contributed by atoms with E-state index in [0.717, 1.165) is 32.7 Å². The Labute approximate surface area is 144 Å². The molecule has 7 heteroatoms. The summed E-state index contributed by atoms with van der Waals surface area (Å²) in [6, 6.07) is 2.02. The van der Waals surface area contributed by atoms with Gasteiger partial charge in [0.2, 0.25) is 0 Å². The Morgan fingerprint density at radius 2 is 2.46 bits per heavy atom. The Bertz CT molecular complexity index is 659. The molecular weight excluding hydrogens is 326 g/mol. The van der Waals surface area contributed by atoms with E-state index in [4.69, 9.17) is 9.15 Å². The zero-order chi connectivity index (χ0) is 16.4. The van der Waals surface area contributed by atoms with Gasteiger partial charge in [-0.2, -0.15) is 0 Å². The lowest BCUT2D eigenvalue weighted by Gasteiger charge is -2.35. The molecule has 0 radical (unpaired) electrons. The fourth-order valence-electron chi connectivity index (χ4n) is 3.77. The number of ether oxygens (including phenoxy) is 1. The summed E-state index contributed by atoms with van der Waals surface area (Å²) < 4.78 is 11.1. The molecule has 2 fully saturated rings. The van der Waals surface area contributed by atoms with Gasteiger partial charge in [0.25, 0.3) is 5.91 Å². The first-order valence-electron chi connectivity index (χ1n) is 8.31. The Morgan fingerprint density at radius 3 is 3.25 bits per heavy atom. The van der Waals surface area contributed by atoms with Crippen LogP contribution in [0.4, 0.5) is 0 Å². The van der Waals surface area contributed by atoms with Gasteiger partial charge >= 0.3 is 0 Å². The molecule has 0 unspecified atom stereocenters. The summed E-state index contributed by atoms with van der Waals surface area (Å²) in [4.78, 5) is 18.5. The number of nitrogens with one attached hydrogen (secondary N) is 1. The third-order valence-electron chi connectivity index (χ3n) is 4.99. The van der Waals surface area contributed by atoms with Crippen LogP contribution in [0.5, 0.6) is 0 Å². The molecule has 2 aromatic heterocycles. The molecule has 0 saturated carbocycles. The molecule has 2 aliphatic heterocycles. The van der Waals surface area contributed by atoms with Crippen LogP contribution in [0.3, 0.4) is 0 Å². The summed E-state index contributed by atoms with van der Waals surface area (Å²) in [5, 5.41) is 4.73. The molecule has 1 N–H and O–H groups in total. The minimum atomic E-state index is -0.110. The third-order valence-corrected chi connectivity index (χ3v) is 5.58. The smallest absolute Gasteiger partial charge is 0.270 e. The fourth-order valence-corrected chi connectivity index (χ4v) is 4.30. The molecule has 0 aromatic carbocycles. The number of piperidine rings is 1. The van der Waals surface area contributed by atoms with Crippen LogP contribution in [-0.4, -0.2) is 48.1 Å². The summed E-state index contributed by atoms with van der Waals surface area (Å²) in [7, 11) is 0. The highest BCUT2D eigenvalue weighted by atomic mass is 32.1. The second kappa shape index (κ2) is 7.04. The number of fused-ring (bicyclic) bond motifs is 1. The fraction of sp³-hybridized carbons (Fsp3) is 0.529. The Balaban J connectivity index is 1.28. The zero-order valence-electron chi connectivity index (χ0n) is 13.4. The van der Waals surface area contributed by atoms with Crippen LogP contribution in [0.2, 0.25) is 0 Å². The number of aromatic nitrogens is 1. The van der Waals surface area contributed by atoms with E-state index in [2.05, 4.69) is 15.2 Å². The highest BCUT2D eigenvalue weighted by Gasteiger charge is 2.40. The van der Waals surface area contributed by atoms with E-state index in [1.54, 1.807) is 17.2 Å². The van der Waals surface area contributed by atoms with E-state index < -0.39 is 0 Å². The third kappa shape index (κ3) is 3.38. The van der Waals surface area contributed by atoms with Crippen molar-refractivity contribution in [3.05, 3.63) is 40.7 Å². The molecule has 0 spiro atoms. The van der Waals surface area contributed by atoms with Crippen molar-refractivity contribution in [3.63, 3.8) is 0 Å². The van der Waals surface area contributed by atoms with Crippen molar-refractivity contribution < 1.29 is 13.9 Å². The predicted molar refractivity (Wildman–Crippen MR) is 89.8 cm³/mol. The molecule has 0 aliphatic carbocycles. The second-order valence-corrected chi connectivity index (χ2v) is 7.25. The molecule has 128 valence electrons. The number of furan rings is 1. The number of carbonyl (C=O) groups excluding carboxylic acids is 1. The van der Waals surface area contributed by atoms with Crippen molar-refractivity contribution in [2.75, 3.05) is 26.2 Å². The van der Waals surface area contributed by atoms with Gasteiger partial charge in [-0.3, -0.25) is 9.69 Å². The number of hydrogen-bond acceptors (Lipinski definition) is 6. The average Bonchev–Trinajstić information content (AvgIpc) is 3.34. The summed E-state index contributed by atoms with van der Waals surface area (Å²) in [5.74, 6) is 0.967. The topological polar surface area (TPSA) is 67.6 Å². The highest BCUT2D eigenvalue weighted by Crippen LogP contribution is 2.34. The van der Waals surface area contributed by atoms with Gasteiger partial charge in [0, 0.05) is 36.5 Å². The molecule has 2 saturated heterocycles. The second-order valence-electron chi connectivity index (χ2n) is 6.53. The summed E-state index contributed by atoms with van der Waals surface area (Å²) in [6.07, 6.45) is 4.77. The average molecular weight is 347 g/mol. The highest BCUT2D eigenvalue weighted by molar-refractivity contribution is 7.07. The summed E-state index contributed by atoms with van der Waals surface area (Å²) >= 11 is 1.43. The van der Waals surface area contributed by atoms with E-state index >= 15 is 0 Å². The molecule has 4 heterocycles. The van der Waals surface area contributed by atoms with Crippen LogP contribution in [0.15, 0.2) is 33.9 Å². The van der Waals surface area contributed by atoms with E-state index in [1.165, 1.54) is 16.9 Å². The van der Waals surface area contributed by atoms with Crippen molar-refractivity contribution in [2.45, 2.75) is 19.1 Å². The van der Waals surface area contributed by atoms with Crippen LogP contribution in [0.25, 0.3) is 0 Å². The van der Waals surface area contributed by atoms with Gasteiger partial charge in [-0.1, -0.05) is 0 Å². The minimum Gasteiger partial charge on any atom is -0.472 e. The number of amides is 1. The maximum atomic E-state index is 12.0. The lowest BCUT2D eigenvalue weighted by atomic mass is 9.84. The number of thiazole rings is 1. The van der Waals surface area contributed by atoms with Gasteiger partial charge in [-0.25, -0.2) is 4.98 Å².